The number of furan rings is 1. The molecular formula is C16H23N3O4. The van der Waals surface area contributed by atoms with Crippen LogP contribution in [-0.4, -0.2) is 60.2 Å². The van der Waals surface area contributed by atoms with E-state index >= 15 is 0 Å². The molecule has 126 valence electrons. The molecule has 1 aliphatic rings. The Morgan fingerprint density at radius 1 is 1.17 bits per heavy atom. The average Bonchev–Trinajstić information content (AvgIpc) is 3.09. The largest absolute Gasteiger partial charge is 0.459 e. The van der Waals surface area contributed by atoms with Gasteiger partial charge in [-0.25, -0.2) is 0 Å². The van der Waals surface area contributed by atoms with Gasteiger partial charge in [-0.15, -0.1) is 0 Å². The molecule has 1 aromatic heterocycles. The summed E-state index contributed by atoms with van der Waals surface area (Å²) in [6.07, 6.45) is 3.24. The third kappa shape index (κ3) is 4.84. The van der Waals surface area contributed by atoms with Crippen LogP contribution in [0.4, 0.5) is 0 Å². The minimum atomic E-state index is -0.238. The van der Waals surface area contributed by atoms with E-state index in [4.69, 9.17) is 4.42 Å². The van der Waals surface area contributed by atoms with Crippen LogP contribution in [0.1, 0.15) is 36.7 Å². The molecule has 1 saturated heterocycles. The van der Waals surface area contributed by atoms with Crippen LogP contribution in [0.3, 0.4) is 0 Å². The highest BCUT2D eigenvalue weighted by Crippen LogP contribution is 2.10. The molecule has 0 spiro atoms. The monoisotopic (exact) mass is 321 g/mol. The van der Waals surface area contributed by atoms with Crippen LogP contribution < -0.4 is 5.32 Å². The van der Waals surface area contributed by atoms with E-state index < -0.39 is 0 Å². The summed E-state index contributed by atoms with van der Waals surface area (Å²) >= 11 is 0. The zero-order chi connectivity index (χ0) is 16.7. The van der Waals surface area contributed by atoms with Gasteiger partial charge in [0.2, 0.25) is 11.8 Å². The van der Waals surface area contributed by atoms with Crippen LogP contribution in [0.25, 0.3) is 0 Å². The van der Waals surface area contributed by atoms with Crippen molar-refractivity contribution in [3.63, 3.8) is 0 Å². The van der Waals surface area contributed by atoms with Crippen LogP contribution in [-0.2, 0) is 9.59 Å². The standard InChI is InChI=1S/C16H23N3O4/c1-2-3-6-17-14(20)12-15(21)18-7-9-19(10-8-18)16(22)13-5-4-11-23-13/h4-5,11H,2-3,6-10,12H2,1H3,(H,17,20). The second-order valence-corrected chi connectivity index (χ2v) is 5.53. The van der Waals surface area contributed by atoms with Gasteiger partial charge >= 0.3 is 0 Å². The zero-order valence-electron chi connectivity index (χ0n) is 13.4. The first kappa shape index (κ1) is 17.1. The molecule has 0 aliphatic carbocycles. The van der Waals surface area contributed by atoms with Crippen molar-refractivity contribution in [3.8, 4) is 0 Å². The zero-order valence-corrected chi connectivity index (χ0v) is 13.4. The number of hydrogen-bond donors (Lipinski definition) is 1. The molecule has 1 aromatic rings. The number of rotatable bonds is 6. The van der Waals surface area contributed by atoms with Gasteiger partial charge in [-0.05, 0) is 18.6 Å². The molecule has 7 nitrogen and oxygen atoms in total. The minimum Gasteiger partial charge on any atom is -0.459 e. The van der Waals surface area contributed by atoms with Crippen LogP contribution in [0, 0.1) is 0 Å². The Kier molecular flexibility index (Phi) is 6.19. The summed E-state index contributed by atoms with van der Waals surface area (Å²) in [5.41, 5.74) is 0. The first-order valence-corrected chi connectivity index (χ1v) is 7.99. The third-order valence-electron chi connectivity index (χ3n) is 3.82. The predicted molar refractivity (Wildman–Crippen MR) is 83.7 cm³/mol. The lowest BCUT2D eigenvalue weighted by Crippen LogP contribution is -2.51. The molecule has 0 unspecified atom stereocenters. The molecule has 0 bridgehead atoms. The normalized spacial score (nSPS) is 14.7. The summed E-state index contributed by atoms with van der Waals surface area (Å²) in [5, 5.41) is 2.74. The van der Waals surface area contributed by atoms with Gasteiger partial charge in [-0.3, -0.25) is 14.4 Å². The van der Waals surface area contributed by atoms with E-state index in [1.807, 2.05) is 6.92 Å². The van der Waals surface area contributed by atoms with Crippen molar-refractivity contribution < 1.29 is 18.8 Å². The quantitative estimate of drug-likeness (QED) is 0.622. The van der Waals surface area contributed by atoms with Gasteiger partial charge in [0.15, 0.2) is 5.76 Å². The fourth-order valence-corrected chi connectivity index (χ4v) is 2.43. The van der Waals surface area contributed by atoms with E-state index in [0.29, 0.717) is 38.5 Å². The van der Waals surface area contributed by atoms with E-state index in [9.17, 15) is 14.4 Å². The molecule has 2 rings (SSSR count). The summed E-state index contributed by atoms with van der Waals surface area (Å²) in [6.45, 7) is 4.42. The molecule has 0 radical (unpaired) electrons. The molecule has 1 fully saturated rings. The van der Waals surface area contributed by atoms with Gasteiger partial charge in [-0.2, -0.15) is 0 Å². The molecule has 7 heteroatoms. The van der Waals surface area contributed by atoms with Gasteiger partial charge in [-0.1, -0.05) is 13.3 Å². The number of unbranched alkanes of at least 4 members (excludes halogenated alkanes) is 1. The second-order valence-electron chi connectivity index (χ2n) is 5.53. The number of nitrogens with zero attached hydrogens (tertiary/aromatic N) is 2. The summed E-state index contributed by atoms with van der Waals surface area (Å²) in [6, 6.07) is 3.30. The van der Waals surface area contributed by atoms with E-state index in [-0.39, 0.29) is 24.1 Å². The van der Waals surface area contributed by atoms with Crippen molar-refractivity contribution >= 4 is 17.7 Å². The Balaban J connectivity index is 1.74. The average molecular weight is 321 g/mol. The van der Waals surface area contributed by atoms with Crippen molar-refractivity contribution in [3.05, 3.63) is 24.2 Å². The maximum atomic E-state index is 12.1. The van der Waals surface area contributed by atoms with E-state index in [2.05, 4.69) is 5.32 Å². The van der Waals surface area contributed by atoms with Gasteiger partial charge < -0.3 is 19.5 Å². The van der Waals surface area contributed by atoms with E-state index in [1.54, 1.807) is 21.9 Å². The summed E-state index contributed by atoms with van der Waals surface area (Å²) < 4.78 is 5.10. The molecule has 0 atom stereocenters. The lowest BCUT2D eigenvalue weighted by atomic mass is 10.2. The maximum Gasteiger partial charge on any atom is 0.289 e. The summed E-state index contributed by atoms with van der Waals surface area (Å²) in [5.74, 6) is -0.291. The highest BCUT2D eigenvalue weighted by atomic mass is 16.3. The van der Waals surface area contributed by atoms with Crippen LogP contribution >= 0.6 is 0 Å². The number of carbonyl (C=O) groups is 3. The Bertz CT molecular complexity index is 534. The first-order chi connectivity index (χ1) is 11.1. The van der Waals surface area contributed by atoms with Gasteiger partial charge in [0.05, 0.1) is 6.26 Å². The molecule has 1 aliphatic heterocycles. The number of nitrogens with one attached hydrogen (secondary N) is 1. The lowest BCUT2D eigenvalue weighted by Gasteiger charge is -2.34. The molecule has 23 heavy (non-hydrogen) atoms. The van der Waals surface area contributed by atoms with Crippen LogP contribution in [0.5, 0.6) is 0 Å². The third-order valence-corrected chi connectivity index (χ3v) is 3.82. The van der Waals surface area contributed by atoms with Crippen molar-refractivity contribution in [1.82, 2.24) is 15.1 Å². The fraction of sp³-hybridized carbons (Fsp3) is 0.562. The predicted octanol–water partition coefficient (Wildman–Crippen LogP) is 0.870. The van der Waals surface area contributed by atoms with Crippen LogP contribution in [0.2, 0.25) is 0 Å². The smallest absolute Gasteiger partial charge is 0.289 e. The summed E-state index contributed by atoms with van der Waals surface area (Å²) in [7, 11) is 0. The maximum absolute atomic E-state index is 12.1. The number of hydrogen-bond acceptors (Lipinski definition) is 4. The summed E-state index contributed by atoms with van der Waals surface area (Å²) in [4.78, 5) is 39.2. The molecule has 0 saturated carbocycles. The van der Waals surface area contributed by atoms with Crippen molar-refractivity contribution in [2.45, 2.75) is 26.2 Å². The van der Waals surface area contributed by atoms with Crippen LogP contribution in [0.15, 0.2) is 22.8 Å². The highest BCUT2D eigenvalue weighted by Gasteiger charge is 2.26. The number of amides is 3. The van der Waals surface area contributed by atoms with Gasteiger partial charge in [0.1, 0.15) is 6.42 Å². The Hall–Kier alpha value is -2.31. The first-order valence-electron chi connectivity index (χ1n) is 7.99. The van der Waals surface area contributed by atoms with Gasteiger partial charge in [0, 0.05) is 32.7 Å². The van der Waals surface area contributed by atoms with Crippen molar-refractivity contribution in [2.75, 3.05) is 32.7 Å². The topological polar surface area (TPSA) is 82.9 Å². The Labute approximate surface area is 135 Å². The molecule has 2 heterocycles. The fourth-order valence-electron chi connectivity index (χ4n) is 2.43. The minimum absolute atomic E-state index is 0.129. The molecular weight excluding hydrogens is 298 g/mol. The van der Waals surface area contributed by atoms with Gasteiger partial charge in [0.25, 0.3) is 5.91 Å². The number of piperazine rings is 1. The molecule has 3 amide bonds. The Morgan fingerprint density at radius 2 is 1.87 bits per heavy atom. The Morgan fingerprint density at radius 3 is 2.48 bits per heavy atom. The van der Waals surface area contributed by atoms with Crippen molar-refractivity contribution in [2.24, 2.45) is 0 Å². The SMILES string of the molecule is CCCCNC(=O)CC(=O)N1CCN(C(=O)c2ccco2)CC1. The van der Waals surface area contributed by atoms with E-state index in [0.717, 1.165) is 12.8 Å². The molecule has 1 N–H and O–H groups in total. The number of carbonyl (C=O) groups excluding carboxylic acids is 3. The second kappa shape index (κ2) is 8.36. The highest BCUT2D eigenvalue weighted by molar-refractivity contribution is 5.97. The van der Waals surface area contributed by atoms with E-state index in [1.165, 1.54) is 6.26 Å². The molecule has 0 aromatic carbocycles. The lowest BCUT2D eigenvalue weighted by molar-refractivity contribution is -0.137. The van der Waals surface area contributed by atoms with Crippen molar-refractivity contribution in [1.29, 1.82) is 0 Å².